The smallest absolute Gasteiger partial charge is 0.255 e. The third-order valence-corrected chi connectivity index (χ3v) is 6.69. The van der Waals surface area contributed by atoms with Crippen LogP contribution in [0, 0.1) is 0 Å². The van der Waals surface area contributed by atoms with Crippen LogP contribution >= 0.6 is 0 Å². The third-order valence-electron chi connectivity index (χ3n) is 6.69. The van der Waals surface area contributed by atoms with Gasteiger partial charge in [-0.3, -0.25) is 9.59 Å². The fourth-order valence-corrected chi connectivity index (χ4v) is 4.66. The molecule has 0 bridgehead atoms. The first-order chi connectivity index (χ1) is 18.0. The van der Waals surface area contributed by atoms with Crippen LogP contribution in [-0.4, -0.2) is 41.1 Å². The number of anilines is 3. The molecule has 0 aliphatic carbocycles. The van der Waals surface area contributed by atoms with Crippen molar-refractivity contribution < 1.29 is 14.7 Å². The zero-order valence-corrected chi connectivity index (χ0v) is 20.3. The average Bonchev–Trinajstić information content (AvgIpc) is 3.47. The van der Waals surface area contributed by atoms with Crippen LogP contribution < -0.4 is 21.3 Å². The first-order valence-electron chi connectivity index (χ1n) is 12.3. The van der Waals surface area contributed by atoms with Gasteiger partial charge in [0.15, 0.2) is 6.10 Å². The Kier molecular flexibility index (Phi) is 7.00. The van der Waals surface area contributed by atoms with E-state index in [1.807, 2.05) is 30.3 Å². The van der Waals surface area contributed by atoms with Gasteiger partial charge in [0, 0.05) is 41.6 Å². The molecule has 0 spiro atoms. The second-order valence-electron chi connectivity index (χ2n) is 9.17. The van der Waals surface area contributed by atoms with E-state index in [9.17, 15) is 14.7 Å². The normalized spacial score (nSPS) is 14.8. The molecule has 5 N–H and O–H groups in total. The number of hydrogen-bond donors (Lipinski definition) is 4. The van der Waals surface area contributed by atoms with Crippen LogP contribution in [0.25, 0.3) is 10.8 Å². The van der Waals surface area contributed by atoms with Gasteiger partial charge in [-0.15, -0.1) is 0 Å². The van der Waals surface area contributed by atoms with Crippen LogP contribution in [-0.2, 0) is 4.79 Å². The molecule has 188 valence electrons. The number of amides is 2. The maximum absolute atomic E-state index is 13.1. The fraction of sp³-hybridized carbons (Fsp3) is 0.207. The van der Waals surface area contributed by atoms with Crippen LogP contribution in [0.1, 0.15) is 34.8 Å². The first kappa shape index (κ1) is 24.3. The van der Waals surface area contributed by atoms with E-state index in [1.54, 1.807) is 54.7 Å². The highest BCUT2D eigenvalue weighted by molar-refractivity contribution is 6.00. The quantitative estimate of drug-likeness (QED) is 0.309. The lowest BCUT2D eigenvalue weighted by Crippen LogP contribution is -2.42. The number of hydrogen-bond acceptors (Lipinski definition) is 6. The molecule has 1 saturated heterocycles. The first-order valence-corrected chi connectivity index (χ1v) is 12.3. The Hall–Kier alpha value is -4.43. The Morgan fingerprint density at radius 1 is 0.946 bits per heavy atom. The number of carbonyl (C=O) groups excluding carboxylic acids is 2. The molecule has 2 heterocycles. The number of nitrogens with zero attached hydrogens (tertiary/aromatic N) is 2. The number of nitrogens with one attached hydrogen (secondary N) is 2. The van der Waals surface area contributed by atoms with Crippen molar-refractivity contribution in [2.24, 2.45) is 0 Å². The Labute approximate surface area is 215 Å². The highest BCUT2D eigenvalue weighted by atomic mass is 16.3. The Morgan fingerprint density at radius 2 is 1.68 bits per heavy atom. The highest BCUT2D eigenvalue weighted by Crippen LogP contribution is 2.25. The summed E-state index contributed by atoms with van der Waals surface area (Å²) in [6.45, 7) is 2.03. The van der Waals surface area contributed by atoms with E-state index in [0.717, 1.165) is 24.2 Å². The minimum Gasteiger partial charge on any atom is -0.383 e. The average molecular weight is 496 g/mol. The standard InChI is InChI=1S/C29H29N5O3/c30-27-24-18-22(11-8-19(24)14-15-31-27)32-29(37)26(35)25(20-6-2-1-3-7-20)33-28(36)21-9-12-23(13-10-21)34-16-4-5-17-34/h1-3,6-15,18,25-26,35H,4-5,16-17H2,(H2,30,31)(H,32,37)(H,33,36). The number of aromatic nitrogens is 1. The molecule has 0 radical (unpaired) electrons. The van der Waals surface area contributed by atoms with Gasteiger partial charge in [0.1, 0.15) is 5.82 Å². The lowest BCUT2D eigenvalue weighted by molar-refractivity contribution is -0.125. The second-order valence-corrected chi connectivity index (χ2v) is 9.17. The zero-order chi connectivity index (χ0) is 25.8. The second kappa shape index (κ2) is 10.7. The number of pyridine rings is 1. The summed E-state index contributed by atoms with van der Waals surface area (Å²) in [5.41, 5.74) is 8.58. The van der Waals surface area contributed by atoms with Crippen LogP contribution in [0.15, 0.2) is 85.1 Å². The van der Waals surface area contributed by atoms with Gasteiger partial charge in [-0.05, 0) is 66.3 Å². The molecule has 2 unspecified atom stereocenters. The predicted octanol–water partition coefficient (Wildman–Crippen LogP) is 3.89. The van der Waals surface area contributed by atoms with Gasteiger partial charge < -0.3 is 26.4 Å². The number of carbonyl (C=O) groups is 2. The van der Waals surface area contributed by atoms with Crippen molar-refractivity contribution in [1.82, 2.24) is 10.3 Å². The largest absolute Gasteiger partial charge is 0.383 e. The van der Waals surface area contributed by atoms with Gasteiger partial charge in [-0.2, -0.15) is 0 Å². The molecular weight excluding hydrogens is 466 g/mol. The monoisotopic (exact) mass is 495 g/mol. The minimum absolute atomic E-state index is 0.347. The molecule has 0 saturated carbocycles. The number of rotatable bonds is 7. The van der Waals surface area contributed by atoms with E-state index in [4.69, 9.17) is 5.73 Å². The Bertz CT molecular complexity index is 1400. The number of fused-ring (bicyclic) bond motifs is 1. The molecule has 8 nitrogen and oxygen atoms in total. The van der Waals surface area contributed by atoms with E-state index >= 15 is 0 Å². The van der Waals surface area contributed by atoms with Crippen LogP contribution in [0.5, 0.6) is 0 Å². The number of nitrogens with two attached hydrogens (primary N) is 1. The Balaban J connectivity index is 1.34. The number of aliphatic hydroxyl groups is 1. The molecule has 1 aliphatic heterocycles. The van der Waals surface area contributed by atoms with Gasteiger partial charge in [0.2, 0.25) is 0 Å². The van der Waals surface area contributed by atoms with Gasteiger partial charge >= 0.3 is 0 Å². The highest BCUT2D eigenvalue weighted by Gasteiger charge is 2.29. The fourth-order valence-electron chi connectivity index (χ4n) is 4.66. The topological polar surface area (TPSA) is 121 Å². The van der Waals surface area contributed by atoms with Crippen molar-refractivity contribution in [1.29, 1.82) is 0 Å². The Morgan fingerprint density at radius 3 is 2.41 bits per heavy atom. The number of aliphatic hydroxyl groups excluding tert-OH is 1. The predicted molar refractivity (Wildman–Crippen MR) is 145 cm³/mol. The van der Waals surface area contributed by atoms with Crippen LogP contribution in [0.4, 0.5) is 17.2 Å². The van der Waals surface area contributed by atoms with E-state index < -0.39 is 18.1 Å². The SMILES string of the molecule is Nc1nccc2ccc(NC(=O)C(O)C(NC(=O)c3ccc(N4CCCC4)cc3)c3ccccc3)cc12. The molecular formula is C29H29N5O3. The molecule has 8 heteroatoms. The van der Waals surface area contributed by atoms with Crippen molar-refractivity contribution in [2.75, 3.05) is 29.0 Å². The lowest BCUT2D eigenvalue weighted by atomic mass is 9.99. The maximum atomic E-state index is 13.1. The van der Waals surface area contributed by atoms with Crippen molar-refractivity contribution in [3.63, 3.8) is 0 Å². The van der Waals surface area contributed by atoms with Gasteiger partial charge in [-0.25, -0.2) is 4.98 Å². The summed E-state index contributed by atoms with van der Waals surface area (Å²) >= 11 is 0. The molecule has 3 aromatic carbocycles. The maximum Gasteiger partial charge on any atom is 0.255 e. The summed E-state index contributed by atoms with van der Waals surface area (Å²) in [4.78, 5) is 32.6. The van der Waals surface area contributed by atoms with Crippen molar-refractivity contribution in [3.8, 4) is 0 Å². The van der Waals surface area contributed by atoms with Crippen LogP contribution in [0.2, 0.25) is 0 Å². The van der Waals surface area contributed by atoms with Gasteiger partial charge in [-0.1, -0.05) is 36.4 Å². The van der Waals surface area contributed by atoms with Crippen LogP contribution in [0.3, 0.4) is 0 Å². The molecule has 5 rings (SSSR count). The molecule has 2 atom stereocenters. The number of benzene rings is 3. The summed E-state index contributed by atoms with van der Waals surface area (Å²) in [6.07, 6.45) is 2.42. The van der Waals surface area contributed by atoms with E-state index in [-0.39, 0.29) is 5.91 Å². The molecule has 37 heavy (non-hydrogen) atoms. The molecule has 1 aromatic heterocycles. The van der Waals surface area contributed by atoms with Gasteiger partial charge in [0.05, 0.1) is 6.04 Å². The third kappa shape index (κ3) is 5.39. The summed E-state index contributed by atoms with van der Waals surface area (Å²) in [5.74, 6) is -0.683. The van der Waals surface area contributed by atoms with E-state index in [2.05, 4.69) is 20.5 Å². The number of nitrogen functional groups attached to an aromatic ring is 1. The summed E-state index contributed by atoms with van der Waals surface area (Å²) < 4.78 is 0. The summed E-state index contributed by atoms with van der Waals surface area (Å²) in [6, 6.07) is 22.5. The molecule has 4 aromatic rings. The molecule has 1 aliphatic rings. The van der Waals surface area contributed by atoms with Crippen molar-refractivity contribution in [2.45, 2.75) is 25.0 Å². The summed E-state index contributed by atoms with van der Waals surface area (Å²) in [7, 11) is 0. The lowest BCUT2D eigenvalue weighted by Gasteiger charge is -2.24. The summed E-state index contributed by atoms with van der Waals surface area (Å²) in [5, 5.41) is 18.2. The molecule has 2 amide bonds. The zero-order valence-electron chi connectivity index (χ0n) is 20.3. The van der Waals surface area contributed by atoms with Crippen molar-refractivity contribution >= 4 is 39.8 Å². The minimum atomic E-state index is -1.54. The van der Waals surface area contributed by atoms with E-state index in [0.29, 0.717) is 28.0 Å². The van der Waals surface area contributed by atoms with Gasteiger partial charge in [0.25, 0.3) is 11.8 Å². The van der Waals surface area contributed by atoms with Crippen molar-refractivity contribution in [3.05, 3.63) is 96.2 Å². The van der Waals surface area contributed by atoms with E-state index in [1.165, 1.54) is 12.8 Å². The molecule has 1 fully saturated rings.